The van der Waals surface area contributed by atoms with Gasteiger partial charge in [0.05, 0.1) is 0 Å². The number of amides is 1. The van der Waals surface area contributed by atoms with Crippen molar-refractivity contribution in [3.05, 3.63) is 51.3 Å². The van der Waals surface area contributed by atoms with E-state index in [0.29, 0.717) is 5.02 Å². The van der Waals surface area contributed by atoms with Crippen LogP contribution in [0.3, 0.4) is 0 Å². The van der Waals surface area contributed by atoms with Crippen LogP contribution in [0.5, 0.6) is 0 Å². The number of rotatable bonds is 3. The Labute approximate surface area is 106 Å². The molecule has 0 saturated heterocycles. The van der Waals surface area contributed by atoms with E-state index in [1.165, 1.54) is 24.4 Å². The quantitative estimate of drug-likeness (QED) is 0.657. The average molecular weight is 267 g/mol. The van der Waals surface area contributed by atoms with Crippen molar-refractivity contribution in [2.24, 2.45) is 0 Å². The van der Waals surface area contributed by atoms with E-state index in [1.807, 2.05) is 0 Å². The number of H-pyrrole nitrogens is 1. The monoisotopic (exact) mass is 266 g/mol. The van der Waals surface area contributed by atoms with Gasteiger partial charge in [0, 0.05) is 17.3 Å². The highest BCUT2D eigenvalue weighted by Crippen LogP contribution is 2.14. The van der Waals surface area contributed by atoms with E-state index in [2.05, 4.69) is 15.3 Å². The van der Waals surface area contributed by atoms with Crippen molar-refractivity contribution in [3.8, 4) is 0 Å². The van der Waals surface area contributed by atoms with Crippen LogP contribution in [0.4, 0.5) is 11.6 Å². The smallest absolute Gasteiger partial charge is 0.321 e. The summed E-state index contributed by atoms with van der Waals surface area (Å²) in [5.41, 5.74) is 0.0727. The van der Waals surface area contributed by atoms with E-state index in [0.717, 1.165) is 0 Å². The molecule has 0 unspecified atom stereocenters. The van der Waals surface area contributed by atoms with Gasteiger partial charge in [-0.05, 0) is 23.1 Å². The Balaban J connectivity index is 2.14. The lowest BCUT2D eigenvalue weighted by atomic mass is 10.4. The van der Waals surface area contributed by atoms with E-state index in [1.54, 1.807) is 6.07 Å². The van der Waals surface area contributed by atoms with Gasteiger partial charge in [-0.3, -0.25) is 4.79 Å². The van der Waals surface area contributed by atoms with E-state index < -0.39 is 10.8 Å². The number of hydrogen-bond donors (Lipinski definition) is 2. The molecule has 2 N–H and O–H groups in total. The summed E-state index contributed by atoms with van der Waals surface area (Å²) in [6.45, 7) is 0. The highest BCUT2D eigenvalue weighted by atomic mass is 35.5. The molecule has 2 aromatic rings. The van der Waals surface area contributed by atoms with Crippen molar-refractivity contribution < 1.29 is 9.72 Å². The molecule has 1 amide bonds. The molecule has 18 heavy (non-hydrogen) atoms. The zero-order chi connectivity index (χ0) is 13.1. The zero-order valence-electron chi connectivity index (χ0n) is 8.88. The molecule has 0 fully saturated rings. The van der Waals surface area contributed by atoms with E-state index >= 15 is 0 Å². The maximum atomic E-state index is 11.7. The van der Waals surface area contributed by atoms with Gasteiger partial charge < -0.3 is 15.4 Å². The van der Waals surface area contributed by atoms with Crippen LogP contribution in [0.2, 0.25) is 5.02 Å². The van der Waals surface area contributed by atoms with Gasteiger partial charge in [0.1, 0.15) is 5.82 Å². The minimum atomic E-state index is -0.617. The predicted octanol–water partition coefficient (Wildman–Crippen LogP) is 2.22. The van der Waals surface area contributed by atoms with Gasteiger partial charge in [-0.2, -0.15) is 0 Å². The third-order valence-electron chi connectivity index (χ3n) is 2.08. The van der Waals surface area contributed by atoms with Crippen LogP contribution in [0.1, 0.15) is 10.5 Å². The summed E-state index contributed by atoms with van der Waals surface area (Å²) >= 11 is 5.73. The molecule has 0 bridgehead atoms. The second-order valence-corrected chi connectivity index (χ2v) is 3.76. The standard InChI is InChI=1S/C10H7ClN4O3/c11-6-3-4-12-8(5-6)14-10(16)7-1-2-9(13-7)15(17)18/h1-5,13H,(H,12,14,16). The average Bonchev–Trinajstić information content (AvgIpc) is 2.78. The summed E-state index contributed by atoms with van der Waals surface area (Å²) in [5.74, 6) is -0.512. The molecule has 0 atom stereocenters. The van der Waals surface area contributed by atoms with Crippen molar-refractivity contribution >= 4 is 29.1 Å². The fourth-order valence-electron chi connectivity index (χ4n) is 1.28. The number of hydrogen-bond acceptors (Lipinski definition) is 4. The Morgan fingerprint density at radius 3 is 2.83 bits per heavy atom. The minimum Gasteiger partial charge on any atom is -0.358 e. The third-order valence-corrected chi connectivity index (χ3v) is 2.31. The second kappa shape index (κ2) is 4.84. The molecular formula is C10H7ClN4O3. The molecule has 0 saturated carbocycles. The Morgan fingerprint density at radius 2 is 2.22 bits per heavy atom. The summed E-state index contributed by atoms with van der Waals surface area (Å²) in [4.78, 5) is 27.8. The summed E-state index contributed by atoms with van der Waals surface area (Å²) in [5, 5.41) is 13.3. The third kappa shape index (κ3) is 2.64. The normalized spacial score (nSPS) is 10.1. The van der Waals surface area contributed by atoms with Crippen LogP contribution >= 0.6 is 11.6 Å². The number of carbonyl (C=O) groups excluding carboxylic acids is 1. The van der Waals surface area contributed by atoms with Crippen LogP contribution in [-0.4, -0.2) is 20.8 Å². The largest absolute Gasteiger partial charge is 0.358 e. The maximum absolute atomic E-state index is 11.7. The van der Waals surface area contributed by atoms with Crippen molar-refractivity contribution in [1.29, 1.82) is 0 Å². The molecule has 0 spiro atoms. The van der Waals surface area contributed by atoms with Crippen LogP contribution < -0.4 is 5.32 Å². The lowest BCUT2D eigenvalue weighted by Gasteiger charge is -2.01. The first-order valence-corrected chi connectivity index (χ1v) is 5.20. The molecule has 2 rings (SSSR count). The van der Waals surface area contributed by atoms with Gasteiger partial charge in [-0.15, -0.1) is 0 Å². The molecule has 0 aliphatic heterocycles. The minimum absolute atomic E-state index is 0.0727. The van der Waals surface area contributed by atoms with Crippen LogP contribution in [0.25, 0.3) is 0 Å². The topological polar surface area (TPSA) is 101 Å². The predicted molar refractivity (Wildman–Crippen MR) is 64.6 cm³/mol. The number of nitrogens with zero attached hydrogens (tertiary/aromatic N) is 2. The number of pyridine rings is 1. The first-order chi connectivity index (χ1) is 8.56. The molecule has 0 aliphatic rings. The lowest BCUT2D eigenvalue weighted by molar-refractivity contribution is -0.389. The highest BCUT2D eigenvalue weighted by molar-refractivity contribution is 6.30. The van der Waals surface area contributed by atoms with Crippen LogP contribution in [-0.2, 0) is 0 Å². The van der Waals surface area contributed by atoms with Crippen LogP contribution in [0, 0.1) is 10.1 Å². The number of carbonyl (C=O) groups is 1. The van der Waals surface area contributed by atoms with Crippen molar-refractivity contribution in [2.45, 2.75) is 0 Å². The Kier molecular flexibility index (Phi) is 3.24. The molecule has 2 heterocycles. The van der Waals surface area contributed by atoms with Gasteiger partial charge in [-0.1, -0.05) is 11.6 Å². The van der Waals surface area contributed by atoms with Crippen LogP contribution in [0.15, 0.2) is 30.5 Å². The van der Waals surface area contributed by atoms with Gasteiger partial charge in [0.2, 0.25) is 0 Å². The van der Waals surface area contributed by atoms with Gasteiger partial charge in [0.15, 0.2) is 5.69 Å². The molecule has 2 aromatic heterocycles. The Hall–Kier alpha value is -2.41. The molecule has 7 nitrogen and oxygen atoms in total. The SMILES string of the molecule is O=C(Nc1cc(Cl)ccn1)c1ccc([N+](=O)[O-])[nH]1. The van der Waals surface area contributed by atoms with Crippen molar-refractivity contribution in [1.82, 2.24) is 9.97 Å². The molecule has 0 aromatic carbocycles. The fourth-order valence-corrected chi connectivity index (χ4v) is 1.44. The van der Waals surface area contributed by atoms with Crippen molar-refractivity contribution in [3.63, 3.8) is 0 Å². The van der Waals surface area contributed by atoms with Gasteiger partial charge in [-0.25, -0.2) is 9.97 Å². The Morgan fingerprint density at radius 1 is 1.44 bits per heavy atom. The number of aromatic nitrogens is 2. The fraction of sp³-hybridized carbons (Fsp3) is 0. The second-order valence-electron chi connectivity index (χ2n) is 3.33. The molecule has 0 aliphatic carbocycles. The number of nitro groups is 1. The summed E-state index contributed by atoms with van der Waals surface area (Å²) < 4.78 is 0. The Bertz CT molecular complexity index is 611. The lowest BCUT2D eigenvalue weighted by Crippen LogP contribution is -2.13. The molecule has 8 heteroatoms. The van der Waals surface area contributed by atoms with Gasteiger partial charge in [0.25, 0.3) is 5.91 Å². The maximum Gasteiger partial charge on any atom is 0.321 e. The van der Waals surface area contributed by atoms with E-state index in [9.17, 15) is 14.9 Å². The number of halogens is 1. The van der Waals surface area contributed by atoms with Crippen molar-refractivity contribution in [2.75, 3.05) is 5.32 Å². The van der Waals surface area contributed by atoms with E-state index in [-0.39, 0.29) is 17.3 Å². The first kappa shape index (κ1) is 12.1. The van der Waals surface area contributed by atoms with E-state index in [4.69, 9.17) is 11.6 Å². The number of aromatic amines is 1. The number of anilines is 1. The molecule has 0 radical (unpaired) electrons. The summed E-state index contributed by atoms with van der Waals surface area (Å²) in [6, 6.07) is 5.56. The highest BCUT2D eigenvalue weighted by Gasteiger charge is 2.15. The molecular weight excluding hydrogens is 260 g/mol. The zero-order valence-corrected chi connectivity index (χ0v) is 9.64. The first-order valence-electron chi connectivity index (χ1n) is 4.82. The van der Waals surface area contributed by atoms with Gasteiger partial charge >= 0.3 is 5.82 Å². The summed E-state index contributed by atoms with van der Waals surface area (Å²) in [6.07, 6.45) is 1.44. The number of nitrogens with one attached hydrogen (secondary N) is 2. The molecule has 92 valence electrons. The summed E-state index contributed by atoms with van der Waals surface area (Å²) in [7, 11) is 0.